The number of rotatable bonds is 9. The van der Waals surface area contributed by atoms with E-state index in [1.54, 1.807) is 12.1 Å². The average Bonchev–Trinajstić information content (AvgIpc) is 3.10. The second-order valence-electron chi connectivity index (χ2n) is 6.59. The lowest BCUT2D eigenvalue weighted by Gasteiger charge is -2.22. The highest BCUT2D eigenvalue weighted by Gasteiger charge is 2.33. The summed E-state index contributed by atoms with van der Waals surface area (Å²) in [6.07, 6.45) is 0.0910. The first-order valence-electron chi connectivity index (χ1n) is 9.58. The molecule has 3 rings (SSSR count). The van der Waals surface area contributed by atoms with Crippen LogP contribution in [-0.4, -0.2) is 47.7 Å². The molecule has 10 heteroatoms. The molecule has 1 saturated heterocycles. The molecule has 0 unspecified atom stereocenters. The Kier molecular flexibility index (Phi) is 7.97. The van der Waals surface area contributed by atoms with Crippen LogP contribution in [0.25, 0.3) is 0 Å². The third-order valence-electron chi connectivity index (χ3n) is 4.49. The zero-order valence-electron chi connectivity index (χ0n) is 16.5. The number of imide groups is 1. The van der Waals surface area contributed by atoms with Crippen molar-refractivity contribution in [2.24, 2.45) is 10.2 Å². The lowest BCUT2D eigenvalue weighted by molar-refractivity contribution is -0.172. The highest BCUT2D eigenvalue weighted by molar-refractivity contribution is 6.18. The molecule has 1 aliphatic heterocycles. The maximum Gasteiger partial charge on any atom is 0.363 e. The van der Waals surface area contributed by atoms with Gasteiger partial charge in [0.25, 0.3) is 11.8 Å². The molecular formula is C21H20Cl2N4O4. The Labute approximate surface area is 189 Å². The Morgan fingerprint density at radius 2 is 1.35 bits per heavy atom. The normalized spacial score (nSPS) is 13.8. The molecule has 1 aliphatic rings. The van der Waals surface area contributed by atoms with Gasteiger partial charge >= 0.3 is 5.97 Å². The monoisotopic (exact) mass is 462 g/mol. The van der Waals surface area contributed by atoms with Gasteiger partial charge < -0.3 is 9.74 Å². The van der Waals surface area contributed by atoms with E-state index in [1.165, 1.54) is 12.1 Å². The number of anilines is 1. The van der Waals surface area contributed by atoms with Crippen molar-refractivity contribution in [2.75, 3.05) is 29.7 Å². The Balaban J connectivity index is 1.60. The van der Waals surface area contributed by atoms with Gasteiger partial charge in [0.05, 0.1) is 16.9 Å². The van der Waals surface area contributed by atoms with E-state index >= 15 is 0 Å². The van der Waals surface area contributed by atoms with Gasteiger partial charge in [0.1, 0.15) is 0 Å². The summed E-state index contributed by atoms with van der Waals surface area (Å²) in [5.74, 6) is -0.827. The van der Waals surface area contributed by atoms with Gasteiger partial charge in [0.15, 0.2) is 0 Å². The van der Waals surface area contributed by atoms with Gasteiger partial charge in [0, 0.05) is 43.4 Å². The SMILES string of the molecule is O=C(ON1C(=O)CCC1=O)c1ccc(N=Nc2ccc(N(CCCl)CCCl)cc2)cc1. The van der Waals surface area contributed by atoms with Gasteiger partial charge in [-0.15, -0.1) is 28.3 Å². The van der Waals surface area contributed by atoms with Crippen LogP contribution in [0, 0.1) is 0 Å². The maximum atomic E-state index is 12.1. The van der Waals surface area contributed by atoms with Crippen molar-refractivity contribution >= 4 is 58.0 Å². The summed E-state index contributed by atoms with van der Waals surface area (Å²) < 4.78 is 0. The van der Waals surface area contributed by atoms with Crippen molar-refractivity contribution in [1.29, 1.82) is 0 Å². The molecule has 0 bridgehead atoms. The molecule has 0 aromatic heterocycles. The smallest absolute Gasteiger partial charge is 0.363 e. The molecule has 8 nitrogen and oxygen atoms in total. The zero-order chi connectivity index (χ0) is 22.2. The van der Waals surface area contributed by atoms with Crippen LogP contribution in [0.3, 0.4) is 0 Å². The largest absolute Gasteiger partial charge is 0.369 e. The standard InChI is InChI=1S/C21H20Cl2N4O4/c22-11-13-26(14-12-23)18-7-5-17(6-8-18)25-24-16-3-1-15(2-4-16)21(30)31-27-19(28)9-10-20(27)29/h1-8H,9-14H2. The fraction of sp³-hybridized carbons (Fsp3) is 0.286. The Hall–Kier alpha value is -2.97. The topological polar surface area (TPSA) is 91.6 Å². The van der Waals surface area contributed by atoms with Crippen molar-refractivity contribution < 1.29 is 19.2 Å². The number of alkyl halides is 2. The summed E-state index contributed by atoms with van der Waals surface area (Å²) in [5.41, 5.74) is 2.38. The number of nitrogens with zero attached hydrogens (tertiary/aromatic N) is 4. The predicted octanol–water partition coefficient (Wildman–Crippen LogP) is 4.61. The van der Waals surface area contributed by atoms with E-state index in [0.717, 1.165) is 5.69 Å². The third-order valence-corrected chi connectivity index (χ3v) is 4.83. The van der Waals surface area contributed by atoms with Crippen LogP contribution < -0.4 is 4.90 Å². The Morgan fingerprint density at radius 1 is 0.871 bits per heavy atom. The Morgan fingerprint density at radius 3 is 1.84 bits per heavy atom. The van der Waals surface area contributed by atoms with Crippen LogP contribution in [-0.2, 0) is 14.4 Å². The highest BCUT2D eigenvalue weighted by atomic mass is 35.5. The molecule has 2 amide bonds. The summed E-state index contributed by atoms with van der Waals surface area (Å²) in [4.78, 5) is 42.2. The second-order valence-corrected chi connectivity index (χ2v) is 7.34. The van der Waals surface area contributed by atoms with E-state index < -0.39 is 17.8 Å². The summed E-state index contributed by atoms with van der Waals surface area (Å²) >= 11 is 11.7. The molecule has 1 heterocycles. The first-order chi connectivity index (χ1) is 15.0. The fourth-order valence-corrected chi connectivity index (χ4v) is 3.29. The lowest BCUT2D eigenvalue weighted by Crippen LogP contribution is -2.32. The summed E-state index contributed by atoms with van der Waals surface area (Å²) in [6, 6.07) is 13.7. The molecule has 0 aliphatic carbocycles. The van der Waals surface area contributed by atoms with Crippen LogP contribution in [0.5, 0.6) is 0 Å². The first kappa shape index (κ1) is 22.7. The van der Waals surface area contributed by atoms with Crippen LogP contribution in [0.15, 0.2) is 58.8 Å². The first-order valence-corrected chi connectivity index (χ1v) is 10.7. The molecule has 0 saturated carbocycles. The quantitative estimate of drug-likeness (QED) is 0.308. The van der Waals surface area contributed by atoms with E-state index in [-0.39, 0.29) is 18.4 Å². The van der Waals surface area contributed by atoms with Gasteiger partial charge in [-0.3, -0.25) is 9.59 Å². The molecule has 162 valence electrons. The average molecular weight is 463 g/mol. The number of hydrogen-bond donors (Lipinski definition) is 0. The number of benzene rings is 2. The number of amides is 2. The fourth-order valence-electron chi connectivity index (χ4n) is 2.88. The van der Waals surface area contributed by atoms with E-state index in [0.29, 0.717) is 41.3 Å². The second kappa shape index (κ2) is 10.9. The number of halogens is 2. The van der Waals surface area contributed by atoms with E-state index in [9.17, 15) is 14.4 Å². The highest BCUT2D eigenvalue weighted by Crippen LogP contribution is 2.23. The van der Waals surface area contributed by atoms with Gasteiger partial charge in [-0.25, -0.2) is 4.79 Å². The molecule has 0 N–H and O–H groups in total. The number of azo groups is 1. The number of hydroxylamine groups is 2. The summed E-state index contributed by atoms with van der Waals surface area (Å²) in [7, 11) is 0. The maximum absolute atomic E-state index is 12.1. The molecule has 0 atom stereocenters. The minimum Gasteiger partial charge on any atom is -0.369 e. The van der Waals surface area contributed by atoms with Crippen LogP contribution in [0.1, 0.15) is 23.2 Å². The lowest BCUT2D eigenvalue weighted by atomic mass is 10.2. The van der Waals surface area contributed by atoms with Gasteiger partial charge in [-0.1, -0.05) is 0 Å². The van der Waals surface area contributed by atoms with E-state index in [1.807, 2.05) is 24.3 Å². The minimum atomic E-state index is -0.791. The molecule has 0 spiro atoms. The molecule has 2 aromatic carbocycles. The van der Waals surface area contributed by atoms with Crippen molar-refractivity contribution in [3.63, 3.8) is 0 Å². The molecule has 31 heavy (non-hydrogen) atoms. The van der Waals surface area contributed by atoms with Crippen LogP contribution in [0.4, 0.5) is 17.1 Å². The molecule has 1 fully saturated rings. The van der Waals surface area contributed by atoms with Gasteiger partial charge in [0.2, 0.25) is 0 Å². The van der Waals surface area contributed by atoms with Crippen molar-refractivity contribution in [1.82, 2.24) is 5.06 Å². The third kappa shape index (κ3) is 6.02. The van der Waals surface area contributed by atoms with Crippen molar-refractivity contribution in [3.05, 3.63) is 54.1 Å². The van der Waals surface area contributed by atoms with E-state index in [4.69, 9.17) is 28.0 Å². The molecular weight excluding hydrogens is 443 g/mol. The van der Waals surface area contributed by atoms with Gasteiger partial charge in [-0.2, -0.15) is 10.2 Å². The zero-order valence-corrected chi connectivity index (χ0v) is 18.1. The number of carbonyl (C=O) groups is 3. The predicted molar refractivity (Wildman–Crippen MR) is 117 cm³/mol. The van der Waals surface area contributed by atoms with E-state index in [2.05, 4.69) is 15.1 Å². The van der Waals surface area contributed by atoms with Crippen molar-refractivity contribution in [3.8, 4) is 0 Å². The number of hydrogen-bond acceptors (Lipinski definition) is 7. The molecule has 0 radical (unpaired) electrons. The molecule has 2 aromatic rings. The van der Waals surface area contributed by atoms with Gasteiger partial charge in [-0.05, 0) is 48.5 Å². The minimum absolute atomic E-state index is 0.0455. The Bertz CT molecular complexity index is 942. The number of carbonyl (C=O) groups excluding carboxylic acids is 3. The summed E-state index contributed by atoms with van der Waals surface area (Å²) in [5, 5.41) is 8.85. The van der Waals surface area contributed by atoms with Crippen molar-refractivity contribution in [2.45, 2.75) is 12.8 Å². The van der Waals surface area contributed by atoms with Crippen LogP contribution >= 0.6 is 23.2 Å². The summed E-state index contributed by atoms with van der Waals surface area (Å²) in [6.45, 7) is 1.40. The van der Waals surface area contributed by atoms with Crippen LogP contribution in [0.2, 0.25) is 0 Å².